The van der Waals surface area contributed by atoms with E-state index in [2.05, 4.69) is 25.6 Å². The molecule has 2 N–H and O–H groups in total. The standard InChI is InChI=1S/C14H11N5S/c1-19-11-4-5-16-7-10(11)17-13(19)8-2-3-9-12(6-8)20-14(15)18-9/h2-7H,1H3,(H2,15,18). The van der Waals surface area contributed by atoms with Crippen molar-refractivity contribution >= 4 is 37.7 Å². The first-order valence-corrected chi connectivity index (χ1v) is 6.97. The summed E-state index contributed by atoms with van der Waals surface area (Å²) in [5.74, 6) is 0.918. The number of aromatic nitrogens is 4. The van der Waals surface area contributed by atoms with Crippen LogP contribution in [0.1, 0.15) is 0 Å². The highest BCUT2D eigenvalue weighted by Crippen LogP contribution is 2.29. The number of anilines is 1. The topological polar surface area (TPSA) is 69.6 Å². The average Bonchev–Trinajstić information content (AvgIpc) is 2.98. The van der Waals surface area contributed by atoms with Crippen LogP contribution in [0.4, 0.5) is 5.13 Å². The van der Waals surface area contributed by atoms with Gasteiger partial charge in [-0.25, -0.2) is 9.97 Å². The number of thiazole rings is 1. The Morgan fingerprint density at radius 1 is 1.15 bits per heavy atom. The summed E-state index contributed by atoms with van der Waals surface area (Å²) in [6, 6.07) is 8.05. The Bertz CT molecular complexity index is 937. The molecule has 0 atom stereocenters. The van der Waals surface area contributed by atoms with E-state index in [1.54, 1.807) is 12.4 Å². The zero-order chi connectivity index (χ0) is 13.7. The van der Waals surface area contributed by atoms with Crippen molar-refractivity contribution in [1.29, 1.82) is 0 Å². The van der Waals surface area contributed by atoms with Crippen LogP contribution >= 0.6 is 11.3 Å². The Morgan fingerprint density at radius 2 is 2.05 bits per heavy atom. The fourth-order valence-electron chi connectivity index (χ4n) is 2.39. The number of pyridine rings is 1. The monoisotopic (exact) mass is 281 g/mol. The molecule has 4 rings (SSSR count). The van der Waals surface area contributed by atoms with Crippen molar-refractivity contribution in [3.63, 3.8) is 0 Å². The normalized spacial score (nSPS) is 11.4. The van der Waals surface area contributed by atoms with Crippen LogP contribution in [0.15, 0.2) is 36.7 Å². The van der Waals surface area contributed by atoms with Gasteiger partial charge in [-0.05, 0) is 24.3 Å². The van der Waals surface area contributed by atoms with E-state index >= 15 is 0 Å². The SMILES string of the molecule is Cn1c(-c2ccc3nc(N)sc3c2)nc2cnccc21. The second-order valence-electron chi connectivity index (χ2n) is 4.59. The molecule has 5 nitrogen and oxygen atoms in total. The van der Waals surface area contributed by atoms with Gasteiger partial charge in [0.25, 0.3) is 0 Å². The fraction of sp³-hybridized carbons (Fsp3) is 0.0714. The number of fused-ring (bicyclic) bond motifs is 2. The summed E-state index contributed by atoms with van der Waals surface area (Å²) in [6.07, 6.45) is 3.56. The molecular formula is C14H11N5S. The second kappa shape index (κ2) is 4.01. The van der Waals surface area contributed by atoms with E-state index < -0.39 is 0 Å². The van der Waals surface area contributed by atoms with Gasteiger partial charge in [-0.1, -0.05) is 11.3 Å². The van der Waals surface area contributed by atoms with Crippen LogP contribution in [0.3, 0.4) is 0 Å². The molecule has 0 saturated heterocycles. The minimum Gasteiger partial charge on any atom is -0.375 e. The lowest BCUT2D eigenvalue weighted by Crippen LogP contribution is -1.92. The summed E-state index contributed by atoms with van der Waals surface area (Å²) in [5.41, 5.74) is 9.70. The van der Waals surface area contributed by atoms with E-state index in [-0.39, 0.29) is 0 Å². The van der Waals surface area contributed by atoms with E-state index in [1.165, 1.54) is 11.3 Å². The van der Waals surface area contributed by atoms with E-state index in [0.29, 0.717) is 5.13 Å². The summed E-state index contributed by atoms with van der Waals surface area (Å²) < 4.78 is 3.15. The highest BCUT2D eigenvalue weighted by molar-refractivity contribution is 7.22. The van der Waals surface area contributed by atoms with Crippen molar-refractivity contribution in [3.05, 3.63) is 36.7 Å². The molecule has 3 aromatic heterocycles. The molecule has 6 heteroatoms. The lowest BCUT2D eigenvalue weighted by molar-refractivity contribution is 0.959. The van der Waals surface area contributed by atoms with Crippen LogP contribution in [0, 0.1) is 0 Å². The van der Waals surface area contributed by atoms with Crippen molar-refractivity contribution in [3.8, 4) is 11.4 Å². The van der Waals surface area contributed by atoms with Crippen molar-refractivity contribution in [2.45, 2.75) is 0 Å². The number of nitrogens with two attached hydrogens (primary N) is 1. The molecular weight excluding hydrogens is 270 g/mol. The van der Waals surface area contributed by atoms with Gasteiger partial charge >= 0.3 is 0 Å². The van der Waals surface area contributed by atoms with E-state index in [9.17, 15) is 0 Å². The summed E-state index contributed by atoms with van der Waals surface area (Å²) in [4.78, 5) is 13.0. The highest BCUT2D eigenvalue weighted by atomic mass is 32.1. The predicted molar refractivity (Wildman–Crippen MR) is 81.5 cm³/mol. The number of imidazole rings is 1. The molecule has 0 unspecified atom stereocenters. The summed E-state index contributed by atoms with van der Waals surface area (Å²) in [6.45, 7) is 0. The Labute approximate surface area is 118 Å². The van der Waals surface area contributed by atoms with Gasteiger partial charge in [0.1, 0.15) is 11.3 Å². The lowest BCUT2D eigenvalue weighted by atomic mass is 10.2. The number of nitrogens with zero attached hydrogens (tertiary/aromatic N) is 4. The molecule has 3 heterocycles. The fourth-order valence-corrected chi connectivity index (χ4v) is 3.16. The van der Waals surface area contributed by atoms with Crippen molar-refractivity contribution < 1.29 is 0 Å². The molecule has 4 aromatic rings. The molecule has 0 radical (unpaired) electrons. The maximum atomic E-state index is 5.75. The summed E-state index contributed by atoms with van der Waals surface area (Å²) in [7, 11) is 2.01. The van der Waals surface area contributed by atoms with Gasteiger partial charge in [-0.3, -0.25) is 4.98 Å². The largest absolute Gasteiger partial charge is 0.375 e. The molecule has 0 saturated carbocycles. The first-order valence-electron chi connectivity index (χ1n) is 6.15. The van der Waals surface area contributed by atoms with Crippen LogP contribution < -0.4 is 5.73 Å². The van der Waals surface area contributed by atoms with Crippen molar-refractivity contribution in [2.24, 2.45) is 7.05 Å². The Kier molecular flexibility index (Phi) is 2.28. The van der Waals surface area contributed by atoms with Gasteiger partial charge in [0, 0.05) is 18.8 Å². The molecule has 0 bridgehead atoms. The molecule has 0 fully saturated rings. The zero-order valence-electron chi connectivity index (χ0n) is 10.7. The Hall–Kier alpha value is -2.47. The van der Waals surface area contributed by atoms with E-state index in [0.717, 1.165) is 32.6 Å². The van der Waals surface area contributed by atoms with Gasteiger partial charge in [0.15, 0.2) is 5.13 Å². The number of aryl methyl sites for hydroxylation is 1. The molecule has 98 valence electrons. The zero-order valence-corrected chi connectivity index (χ0v) is 11.6. The second-order valence-corrected chi connectivity index (χ2v) is 5.66. The predicted octanol–water partition coefficient (Wildman–Crippen LogP) is 2.83. The van der Waals surface area contributed by atoms with Crippen molar-refractivity contribution in [2.75, 3.05) is 5.73 Å². The molecule has 1 aromatic carbocycles. The van der Waals surface area contributed by atoms with Crippen LogP contribution in [-0.4, -0.2) is 19.5 Å². The van der Waals surface area contributed by atoms with Gasteiger partial charge < -0.3 is 10.3 Å². The number of rotatable bonds is 1. The third-order valence-corrected chi connectivity index (χ3v) is 4.19. The molecule has 0 amide bonds. The van der Waals surface area contributed by atoms with Crippen molar-refractivity contribution in [1.82, 2.24) is 19.5 Å². The van der Waals surface area contributed by atoms with Gasteiger partial charge in [-0.15, -0.1) is 0 Å². The van der Waals surface area contributed by atoms with Crippen LogP contribution in [0.25, 0.3) is 32.6 Å². The quantitative estimate of drug-likeness (QED) is 0.582. The van der Waals surface area contributed by atoms with Gasteiger partial charge in [-0.2, -0.15) is 0 Å². The Morgan fingerprint density at radius 3 is 2.90 bits per heavy atom. The average molecular weight is 281 g/mol. The minimum absolute atomic E-state index is 0.589. The number of nitrogen functional groups attached to an aromatic ring is 1. The molecule has 0 spiro atoms. The van der Waals surface area contributed by atoms with Gasteiger partial charge in [0.2, 0.25) is 0 Å². The highest BCUT2D eigenvalue weighted by Gasteiger charge is 2.11. The Balaban J connectivity index is 1.97. The van der Waals surface area contributed by atoms with Crippen LogP contribution in [-0.2, 0) is 7.05 Å². The minimum atomic E-state index is 0.589. The maximum Gasteiger partial charge on any atom is 0.181 e. The van der Waals surface area contributed by atoms with Gasteiger partial charge in [0.05, 0.1) is 21.9 Å². The summed E-state index contributed by atoms with van der Waals surface area (Å²) in [5, 5.41) is 0.589. The summed E-state index contributed by atoms with van der Waals surface area (Å²) >= 11 is 1.49. The number of benzene rings is 1. The van der Waals surface area contributed by atoms with E-state index in [1.807, 2.05) is 25.2 Å². The van der Waals surface area contributed by atoms with Crippen LogP contribution in [0.2, 0.25) is 0 Å². The number of hydrogen-bond donors (Lipinski definition) is 1. The third kappa shape index (κ3) is 1.58. The first-order chi connectivity index (χ1) is 9.72. The molecule has 0 aliphatic rings. The smallest absolute Gasteiger partial charge is 0.181 e. The first kappa shape index (κ1) is 11.4. The number of hydrogen-bond acceptors (Lipinski definition) is 5. The molecule has 0 aliphatic heterocycles. The van der Waals surface area contributed by atoms with E-state index in [4.69, 9.17) is 5.73 Å². The molecule has 20 heavy (non-hydrogen) atoms. The van der Waals surface area contributed by atoms with Crippen LogP contribution in [0.5, 0.6) is 0 Å². The molecule has 0 aliphatic carbocycles. The third-order valence-electron chi connectivity index (χ3n) is 3.35. The lowest BCUT2D eigenvalue weighted by Gasteiger charge is -2.02. The maximum absolute atomic E-state index is 5.75.